The van der Waals surface area contributed by atoms with Gasteiger partial charge in [0.15, 0.2) is 5.84 Å². The summed E-state index contributed by atoms with van der Waals surface area (Å²) in [7, 11) is 0. The van der Waals surface area contributed by atoms with Gasteiger partial charge >= 0.3 is 0 Å². The molecule has 0 heterocycles. The van der Waals surface area contributed by atoms with Crippen LogP contribution in [0.1, 0.15) is 57.4 Å². The number of hydrogen-bond acceptors (Lipinski definition) is 3. The molecule has 1 aromatic rings. The molecule has 0 saturated heterocycles. The fourth-order valence-corrected chi connectivity index (χ4v) is 2.16. The molecular weight excluding hydrogens is 271 g/mol. The first-order chi connectivity index (χ1) is 10.2. The van der Waals surface area contributed by atoms with Gasteiger partial charge in [-0.2, -0.15) is 0 Å². The standard InChI is InChI=1S/C16H25FN2O2/c1-2-3-4-5-6-7-8-12-21-14-11-9-10-13(17)15(14)16(18)19-20/h9-11,20H,2-8,12H2,1H3,(H2,18,19). The molecule has 3 N–H and O–H groups in total. The van der Waals surface area contributed by atoms with Crippen LogP contribution in [0.15, 0.2) is 23.4 Å². The zero-order valence-electron chi connectivity index (χ0n) is 12.6. The van der Waals surface area contributed by atoms with E-state index in [1.165, 1.54) is 38.2 Å². The van der Waals surface area contributed by atoms with Crippen LogP contribution in [0, 0.1) is 5.82 Å². The van der Waals surface area contributed by atoms with E-state index in [0.29, 0.717) is 12.4 Å². The number of benzene rings is 1. The van der Waals surface area contributed by atoms with Crippen molar-refractivity contribution in [1.29, 1.82) is 0 Å². The Kier molecular flexibility index (Phi) is 8.24. The van der Waals surface area contributed by atoms with E-state index < -0.39 is 5.82 Å². The molecule has 0 amide bonds. The molecule has 118 valence electrons. The smallest absolute Gasteiger partial charge is 0.176 e. The summed E-state index contributed by atoms with van der Waals surface area (Å²) in [5.74, 6) is -0.513. The van der Waals surface area contributed by atoms with Gasteiger partial charge in [0.25, 0.3) is 0 Å². The summed E-state index contributed by atoms with van der Waals surface area (Å²) in [6.45, 7) is 2.70. The maximum Gasteiger partial charge on any atom is 0.176 e. The van der Waals surface area contributed by atoms with Gasteiger partial charge in [-0.25, -0.2) is 4.39 Å². The van der Waals surface area contributed by atoms with E-state index in [2.05, 4.69) is 12.1 Å². The number of ether oxygens (including phenoxy) is 1. The summed E-state index contributed by atoms with van der Waals surface area (Å²) in [6, 6.07) is 4.43. The number of nitrogens with two attached hydrogens (primary N) is 1. The Balaban J connectivity index is 2.37. The molecule has 0 atom stereocenters. The topological polar surface area (TPSA) is 67.8 Å². The zero-order valence-corrected chi connectivity index (χ0v) is 12.6. The molecule has 0 aliphatic heterocycles. The molecule has 0 aliphatic rings. The number of unbranched alkanes of at least 4 members (excludes halogenated alkanes) is 6. The molecule has 1 aromatic carbocycles. The summed E-state index contributed by atoms with van der Waals surface area (Å²) in [6.07, 6.45) is 8.29. The molecule has 0 saturated carbocycles. The average Bonchev–Trinajstić information content (AvgIpc) is 2.49. The van der Waals surface area contributed by atoms with E-state index in [-0.39, 0.29) is 11.4 Å². The van der Waals surface area contributed by atoms with Crippen molar-refractivity contribution in [3.8, 4) is 5.75 Å². The van der Waals surface area contributed by atoms with E-state index in [1.807, 2.05) is 0 Å². The predicted octanol–water partition coefficient (Wildman–Crippen LogP) is 4.05. The highest BCUT2D eigenvalue weighted by Gasteiger charge is 2.13. The monoisotopic (exact) mass is 296 g/mol. The van der Waals surface area contributed by atoms with Crippen LogP contribution < -0.4 is 10.5 Å². The normalized spacial score (nSPS) is 11.6. The Labute approximate surface area is 125 Å². The second kappa shape index (κ2) is 10.0. The lowest BCUT2D eigenvalue weighted by molar-refractivity contribution is 0.300. The molecule has 0 fully saturated rings. The maximum absolute atomic E-state index is 13.7. The van der Waals surface area contributed by atoms with Crippen molar-refractivity contribution in [3.05, 3.63) is 29.6 Å². The Hall–Kier alpha value is -1.78. The quantitative estimate of drug-likeness (QED) is 0.225. The minimum absolute atomic E-state index is 0.0166. The molecule has 0 aliphatic carbocycles. The Morgan fingerprint density at radius 1 is 1.19 bits per heavy atom. The predicted molar refractivity (Wildman–Crippen MR) is 82.4 cm³/mol. The maximum atomic E-state index is 13.7. The molecule has 5 heteroatoms. The zero-order chi connectivity index (χ0) is 15.5. The molecule has 21 heavy (non-hydrogen) atoms. The van der Waals surface area contributed by atoms with Gasteiger partial charge in [0.2, 0.25) is 0 Å². The summed E-state index contributed by atoms with van der Waals surface area (Å²) in [5, 5.41) is 11.5. The SMILES string of the molecule is CCCCCCCCCOc1cccc(F)c1/C(N)=N/O. The van der Waals surface area contributed by atoms with Crippen molar-refractivity contribution >= 4 is 5.84 Å². The number of halogens is 1. The number of nitrogens with zero attached hydrogens (tertiary/aromatic N) is 1. The van der Waals surface area contributed by atoms with Crippen LogP contribution in [0.25, 0.3) is 0 Å². The van der Waals surface area contributed by atoms with Crippen molar-refractivity contribution in [3.63, 3.8) is 0 Å². The summed E-state index contributed by atoms with van der Waals surface area (Å²) >= 11 is 0. The molecule has 0 aromatic heterocycles. The van der Waals surface area contributed by atoms with Crippen LogP contribution in [0.4, 0.5) is 4.39 Å². The van der Waals surface area contributed by atoms with Crippen LogP contribution in [0.2, 0.25) is 0 Å². The van der Waals surface area contributed by atoms with Gasteiger partial charge in [0.05, 0.1) is 12.2 Å². The fourth-order valence-electron chi connectivity index (χ4n) is 2.16. The van der Waals surface area contributed by atoms with E-state index in [0.717, 1.165) is 12.8 Å². The van der Waals surface area contributed by atoms with Crippen molar-refractivity contribution in [2.75, 3.05) is 6.61 Å². The number of oxime groups is 1. The number of amidine groups is 1. The van der Waals surface area contributed by atoms with E-state index in [1.54, 1.807) is 12.1 Å². The van der Waals surface area contributed by atoms with Crippen LogP contribution in [0.3, 0.4) is 0 Å². The van der Waals surface area contributed by atoms with Gasteiger partial charge in [-0.05, 0) is 18.6 Å². The van der Waals surface area contributed by atoms with E-state index in [9.17, 15) is 4.39 Å². The second-order valence-corrected chi connectivity index (χ2v) is 5.07. The molecule has 0 unspecified atom stereocenters. The number of rotatable bonds is 10. The number of hydrogen-bond donors (Lipinski definition) is 2. The Morgan fingerprint density at radius 2 is 1.86 bits per heavy atom. The highest BCUT2D eigenvalue weighted by molar-refractivity contribution is 5.99. The minimum Gasteiger partial charge on any atom is -0.493 e. The molecular formula is C16H25FN2O2. The lowest BCUT2D eigenvalue weighted by atomic mass is 10.1. The Bertz CT molecular complexity index is 450. The largest absolute Gasteiger partial charge is 0.493 e. The molecule has 0 spiro atoms. The lowest BCUT2D eigenvalue weighted by Crippen LogP contribution is -2.17. The average molecular weight is 296 g/mol. The van der Waals surface area contributed by atoms with Crippen molar-refractivity contribution in [2.45, 2.75) is 51.9 Å². The first-order valence-corrected chi connectivity index (χ1v) is 7.60. The first-order valence-electron chi connectivity index (χ1n) is 7.60. The third-order valence-corrected chi connectivity index (χ3v) is 3.34. The summed E-state index contributed by atoms with van der Waals surface area (Å²) in [5.41, 5.74) is 5.49. The van der Waals surface area contributed by atoms with Crippen LogP contribution in [-0.2, 0) is 0 Å². The van der Waals surface area contributed by atoms with Gasteiger partial charge in [-0.1, -0.05) is 56.7 Å². The summed E-state index contributed by atoms with van der Waals surface area (Å²) in [4.78, 5) is 0. The first kappa shape index (κ1) is 17.3. The van der Waals surface area contributed by atoms with Gasteiger partial charge in [0.1, 0.15) is 11.6 Å². The fraction of sp³-hybridized carbons (Fsp3) is 0.562. The van der Waals surface area contributed by atoms with E-state index >= 15 is 0 Å². The van der Waals surface area contributed by atoms with Crippen LogP contribution >= 0.6 is 0 Å². The molecule has 0 bridgehead atoms. The van der Waals surface area contributed by atoms with E-state index in [4.69, 9.17) is 15.7 Å². The molecule has 4 nitrogen and oxygen atoms in total. The second-order valence-electron chi connectivity index (χ2n) is 5.07. The van der Waals surface area contributed by atoms with Gasteiger partial charge in [-0.15, -0.1) is 0 Å². The van der Waals surface area contributed by atoms with Crippen LogP contribution in [0.5, 0.6) is 5.75 Å². The third kappa shape index (κ3) is 6.02. The van der Waals surface area contributed by atoms with Crippen molar-refractivity contribution in [1.82, 2.24) is 0 Å². The van der Waals surface area contributed by atoms with Gasteiger partial charge in [0, 0.05) is 0 Å². The highest BCUT2D eigenvalue weighted by atomic mass is 19.1. The van der Waals surface area contributed by atoms with Gasteiger partial charge in [-0.3, -0.25) is 0 Å². The van der Waals surface area contributed by atoms with Crippen molar-refractivity contribution < 1.29 is 14.3 Å². The Morgan fingerprint density at radius 3 is 2.52 bits per heavy atom. The van der Waals surface area contributed by atoms with Crippen LogP contribution in [-0.4, -0.2) is 17.6 Å². The minimum atomic E-state index is -0.553. The van der Waals surface area contributed by atoms with Gasteiger partial charge < -0.3 is 15.7 Å². The summed E-state index contributed by atoms with van der Waals surface area (Å²) < 4.78 is 19.2. The molecule has 0 radical (unpaired) electrons. The van der Waals surface area contributed by atoms with Crippen molar-refractivity contribution in [2.24, 2.45) is 10.9 Å². The lowest BCUT2D eigenvalue weighted by Gasteiger charge is -2.11. The highest BCUT2D eigenvalue weighted by Crippen LogP contribution is 2.21. The third-order valence-electron chi connectivity index (χ3n) is 3.34. The molecule has 1 rings (SSSR count).